The molecule has 8 nitrogen and oxygen atoms in total. The zero-order valence-electron chi connectivity index (χ0n) is 17.7. The molecule has 8 heteroatoms. The molecule has 1 saturated heterocycles. The highest BCUT2D eigenvalue weighted by Gasteiger charge is 2.53. The largest absolute Gasteiger partial charge is 0.354 e. The number of nitrogens with zero attached hydrogens (tertiary/aromatic N) is 1. The van der Waals surface area contributed by atoms with Crippen LogP contribution in [0.25, 0.3) is 0 Å². The van der Waals surface area contributed by atoms with Crippen LogP contribution in [0.2, 0.25) is 0 Å². The molecular formula is C20H34N4O4. The lowest BCUT2D eigenvalue weighted by Crippen LogP contribution is -2.51. The number of amides is 5. The van der Waals surface area contributed by atoms with Crippen LogP contribution in [0.15, 0.2) is 0 Å². The van der Waals surface area contributed by atoms with Crippen LogP contribution in [0.5, 0.6) is 0 Å². The summed E-state index contributed by atoms with van der Waals surface area (Å²) in [6.07, 6.45) is 2.98. The van der Waals surface area contributed by atoms with Crippen LogP contribution in [0.3, 0.4) is 0 Å². The molecule has 2 aliphatic rings. The first-order valence-corrected chi connectivity index (χ1v) is 10.1. The quantitative estimate of drug-likeness (QED) is 0.467. The normalized spacial score (nSPS) is 25.2. The highest BCUT2D eigenvalue weighted by molar-refractivity contribution is 6.09. The molecule has 1 heterocycles. The molecule has 158 valence electrons. The Kier molecular flexibility index (Phi) is 6.72. The average molecular weight is 395 g/mol. The third-order valence-electron chi connectivity index (χ3n) is 5.88. The lowest BCUT2D eigenvalue weighted by atomic mass is 9.67. The van der Waals surface area contributed by atoms with Crippen molar-refractivity contribution < 1.29 is 19.2 Å². The van der Waals surface area contributed by atoms with E-state index in [-0.39, 0.29) is 36.2 Å². The first-order chi connectivity index (χ1) is 13.0. The molecule has 0 atom stereocenters. The number of carbonyl (C=O) groups is 4. The summed E-state index contributed by atoms with van der Waals surface area (Å²) in [7, 11) is 0. The van der Waals surface area contributed by atoms with Crippen molar-refractivity contribution >= 4 is 23.8 Å². The van der Waals surface area contributed by atoms with Gasteiger partial charge in [0.2, 0.25) is 11.8 Å². The van der Waals surface area contributed by atoms with Gasteiger partial charge in [-0.05, 0) is 37.0 Å². The van der Waals surface area contributed by atoms with Crippen LogP contribution >= 0.6 is 0 Å². The SMILES string of the molecule is CC(C)C(=O)NCCNC(=O)CN1C(=O)NC2(CCC(C(C)(C)C)CC2)C1=O. The molecule has 28 heavy (non-hydrogen) atoms. The van der Waals surface area contributed by atoms with Crippen LogP contribution in [0.4, 0.5) is 4.79 Å². The second-order valence-corrected chi connectivity index (χ2v) is 9.34. The van der Waals surface area contributed by atoms with Crippen molar-refractivity contribution in [2.45, 2.75) is 65.8 Å². The van der Waals surface area contributed by atoms with E-state index in [0.717, 1.165) is 17.7 Å². The maximum Gasteiger partial charge on any atom is 0.325 e. The molecule has 3 N–H and O–H groups in total. The van der Waals surface area contributed by atoms with E-state index >= 15 is 0 Å². The molecule has 0 aromatic carbocycles. The second-order valence-electron chi connectivity index (χ2n) is 9.34. The van der Waals surface area contributed by atoms with Gasteiger partial charge in [-0.1, -0.05) is 34.6 Å². The van der Waals surface area contributed by atoms with E-state index in [1.54, 1.807) is 13.8 Å². The average Bonchev–Trinajstić information content (AvgIpc) is 2.82. The number of nitrogens with one attached hydrogen (secondary N) is 3. The van der Waals surface area contributed by atoms with Crippen molar-refractivity contribution in [3.63, 3.8) is 0 Å². The minimum Gasteiger partial charge on any atom is -0.354 e. The van der Waals surface area contributed by atoms with Crippen molar-refractivity contribution in [2.75, 3.05) is 19.6 Å². The van der Waals surface area contributed by atoms with Gasteiger partial charge in [0.15, 0.2) is 0 Å². The van der Waals surface area contributed by atoms with Gasteiger partial charge in [-0.3, -0.25) is 19.3 Å². The molecule has 1 spiro atoms. The topological polar surface area (TPSA) is 108 Å². The Labute approximate surface area is 167 Å². The van der Waals surface area contributed by atoms with E-state index in [9.17, 15) is 19.2 Å². The van der Waals surface area contributed by atoms with E-state index in [1.165, 1.54) is 0 Å². The van der Waals surface area contributed by atoms with Gasteiger partial charge in [0, 0.05) is 19.0 Å². The number of imide groups is 1. The summed E-state index contributed by atoms with van der Waals surface area (Å²) in [6, 6.07) is -0.498. The van der Waals surface area contributed by atoms with Gasteiger partial charge in [-0.2, -0.15) is 0 Å². The molecule has 2 fully saturated rings. The highest BCUT2D eigenvalue weighted by atomic mass is 16.2. The van der Waals surface area contributed by atoms with Gasteiger partial charge in [0.1, 0.15) is 12.1 Å². The molecule has 0 bridgehead atoms. The van der Waals surface area contributed by atoms with Crippen LogP contribution in [0.1, 0.15) is 60.3 Å². The van der Waals surface area contributed by atoms with E-state index in [1.807, 2.05) is 0 Å². The first kappa shape index (κ1) is 22.2. The smallest absolute Gasteiger partial charge is 0.325 e. The number of carbonyl (C=O) groups excluding carboxylic acids is 4. The van der Waals surface area contributed by atoms with Gasteiger partial charge in [-0.25, -0.2) is 4.79 Å². The van der Waals surface area contributed by atoms with E-state index in [4.69, 9.17) is 0 Å². The standard InChI is InChI=1S/C20H34N4O4/c1-13(2)16(26)22-11-10-21-15(25)12-24-17(27)20(23-18(24)28)8-6-14(7-9-20)19(3,4)5/h13-14H,6-12H2,1-5H3,(H,21,25)(H,22,26)(H,23,28). The lowest BCUT2D eigenvalue weighted by molar-refractivity contribution is -0.136. The van der Waals surface area contributed by atoms with Gasteiger partial charge in [0.05, 0.1) is 0 Å². The Morgan fingerprint density at radius 1 is 1.14 bits per heavy atom. The summed E-state index contributed by atoms with van der Waals surface area (Å²) in [5, 5.41) is 8.18. The molecule has 2 rings (SSSR count). The maximum absolute atomic E-state index is 12.9. The zero-order valence-corrected chi connectivity index (χ0v) is 17.7. The van der Waals surface area contributed by atoms with E-state index in [2.05, 4.69) is 36.7 Å². The molecule has 1 aliphatic carbocycles. The molecule has 0 aromatic heterocycles. The Morgan fingerprint density at radius 2 is 1.71 bits per heavy atom. The van der Waals surface area contributed by atoms with Crippen LogP contribution in [-0.2, 0) is 14.4 Å². The summed E-state index contributed by atoms with van der Waals surface area (Å²) < 4.78 is 0. The van der Waals surface area contributed by atoms with E-state index < -0.39 is 17.5 Å². The summed E-state index contributed by atoms with van der Waals surface area (Å²) >= 11 is 0. The summed E-state index contributed by atoms with van der Waals surface area (Å²) in [5.41, 5.74) is -0.678. The van der Waals surface area contributed by atoms with Gasteiger partial charge in [-0.15, -0.1) is 0 Å². The Morgan fingerprint density at radius 3 is 2.25 bits per heavy atom. The Hall–Kier alpha value is -2.12. The predicted octanol–water partition coefficient (Wildman–Crippen LogP) is 1.40. The molecule has 1 aliphatic heterocycles. The summed E-state index contributed by atoms with van der Waals surface area (Å²) in [5.74, 6) is -0.403. The fraction of sp³-hybridized carbons (Fsp3) is 0.800. The van der Waals surface area contributed by atoms with Gasteiger partial charge < -0.3 is 16.0 Å². The van der Waals surface area contributed by atoms with Crippen LogP contribution in [0, 0.1) is 17.3 Å². The third kappa shape index (κ3) is 5.02. The number of hydrogen-bond acceptors (Lipinski definition) is 4. The summed E-state index contributed by atoms with van der Waals surface area (Å²) in [4.78, 5) is 49.8. The van der Waals surface area contributed by atoms with Crippen molar-refractivity contribution in [3.05, 3.63) is 0 Å². The first-order valence-electron chi connectivity index (χ1n) is 10.1. The molecule has 0 aromatic rings. The van der Waals surface area contributed by atoms with Crippen molar-refractivity contribution in [1.82, 2.24) is 20.9 Å². The fourth-order valence-corrected chi connectivity index (χ4v) is 3.93. The van der Waals surface area contributed by atoms with Crippen molar-refractivity contribution in [2.24, 2.45) is 17.3 Å². The van der Waals surface area contributed by atoms with Crippen molar-refractivity contribution in [3.8, 4) is 0 Å². The maximum atomic E-state index is 12.9. The van der Waals surface area contributed by atoms with Gasteiger partial charge in [0.25, 0.3) is 5.91 Å². The van der Waals surface area contributed by atoms with Gasteiger partial charge >= 0.3 is 6.03 Å². The molecule has 0 unspecified atom stereocenters. The minimum absolute atomic E-state index is 0.0869. The second kappa shape index (κ2) is 8.49. The highest BCUT2D eigenvalue weighted by Crippen LogP contribution is 2.43. The number of rotatable bonds is 6. The number of urea groups is 1. The lowest BCUT2D eigenvalue weighted by Gasteiger charge is -2.40. The van der Waals surface area contributed by atoms with Crippen LogP contribution in [-0.4, -0.2) is 53.8 Å². The molecule has 0 radical (unpaired) electrons. The van der Waals surface area contributed by atoms with Crippen molar-refractivity contribution in [1.29, 1.82) is 0 Å². The third-order valence-corrected chi connectivity index (χ3v) is 5.88. The summed E-state index contributed by atoms with van der Waals surface area (Å²) in [6.45, 7) is 10.4. The van der Waals surface area contributed by atoms with E-state index in [0.29, 0.717) is 25.3 Å². The fourth-order valence-electron chi connectivity index (χ4n) is 3.93. The zero-order chi connectivity index (χ0) is 21.1. The molecule has 1 saturated carbocycles. The number of hydrogen-bond donors (Lipinski definition) is 3. The Balaban J connectivity index is 1.84. The van der Waals surface area contributed by atoms with Crippen LogP contribution < -0.4 is 16.0 Å². The monoisotopic (exact) mass is 394 g/mol. The Bertz CT molecular complexity index is 631. The molecule has 5 amide bonds. The minimum atomic E-state index is -0.857. The molecular weight excluding hydrogens is 360 g/mol. The predicted molar refractivity (Wildman–Crippen MR) is 105 cm³/mol.